The third-order valence-corrected chi connectivity index (χ3v) is 3.31. The minimum absolute atomic E-state index is 0.0505. The van der Waals surface area contributed by atoms with Gasteiger partial charge in [-0.3, -0.25) is 14.6 Å². The predicted octanol–water partition coefficient (Wildman–Crippen LogP) is 1.51. The van der Waals surface area contributed by atoms with E-state index in [4.69, 9.17) is 4.74 Å². The van der Waals surface area contributed by atoms with Crippen molar-refractivity contribution in [3.05, 3.63) is 24.3 Å². The van der Waals surface area contributed by atoms with Crippen molar-refractivity contribution in [2.24, 2.45) is 5.92 Å². The second-order valence-electron chi connectivity index (χ2n) is 5.88. The smallest absolute Gasteiger partial charge is 0.274 e. The molecule has 0 fully saturated rings. The van der Waals surface area contributed by atoms with E-state index in [0.717, 1.165) is 0 Å². The monoisotopic (exact) mass is 336 g/mol. The summed E-state index contributed by atoms with van der Waals surface area (Å²) >= 11 is 0. The number of hydrogen-bond donors (Lipinski definition) is 1. The van der Waals surface area contributed by atoms with Gasteiger partial charge in [0.05, 0.1) is 6.20 Å². The Morgan fingerprint density at radius 1 is 1.29 bits per heavy atom. The molecule has 0 unspecified atom stereocenters. The fraction of sp³-hybridized carbons (Fsp3) is 0.647. The van der Waals surface area contributed by atoms with E-state index in [9.17, 15) is 9.59 Å². The predicted molar refractivity (Wildman–Crippen MR) is 91.5 cm³/mol. The summed E-state index contributed by atoms with van der Waals surface area (Å²) in [4.78, 5) is 34.0. The zero-order valence-corrected chi connectivity index (χ0v) is 14.8. The van der Waals surface area contributed by atoms with E-state index in [2.05, 4.69) is 15.3 Å². The molecular formula is C17H28N4O3. The highest BCUT2D eigenvalue weighted by Crippen LogP contribution is 2.03. The highest BCUT2D eigenvalue weighted by molar-refractivity contribution is 5.92. The van der Waals surface area contributed by atoms with Crippen molar-refractivity contribution in [1.29, 1.82) is 0 Å². The van der Waals surface area contributed by atoms with Crippen LogP contribution >= 0.6 is 0 Å². The van der Waals surface area contributed by atoms with Crippen LogP contribution in [0.3, 0.4) is 0 Å². The maximum Gasteiger partial charge on any atom is 0.274 e. The molecule has 0 aliphatic carbocycles. The number of amides is 2. The van der Waals surface area contributed by atoms with Gasteiger partial charge in [-0.25, -0.2) is 4.98 Å². The van der Waals surface area contributed by atoms with Gasteiger partial charge in [0.2, 0.25) is 5.91 Å². The number of ether oxygens (including phenoxy) is 1. The largest absolute Gasteiger partial charge is 0.382 e. The molecule has 0 spiro atoms. The van der Waals surface area contributed by atoms with Gasteiger partial charge in [0.1, 0.15) is 5.69 Å². The van der Waals surface area contributed by atoms with Crippen molar-refractivity contribution in [1.82, 2.24) is 20.2 Å². The normalized spacial score (nSPS) is 10.7. The molecule has 1 aromatic rings. The molecule has 0 aliphatic heterocycles. The average Bonchev–Trinajstić information content (AvgIpc) is 2.59. The van der Waals surface area contributed by atoms with Crippen LogP contribution in [0, 0.1) is 5.92 Å². The first-order valence-corrected chi connectivity index (χ1v) is 8.44. The number of nitrogens with zero attached hydrogens (tertiary/aromatic N) is 3. The van der Waals surface area contributed by atoms with Crippen molar-refractivity contribution in [3.63, 3.8) is 0 Å². The van der Waals surface area contributed by atoms with Gasteiger partial charge in [0.15, 0.2) is 0 Å². The van der Waals surface area contributed by atoms with Crippen LogP contribution in [0.1, 0.15) is 44.1 Å². The van der Waals surface area contributed by atoms with Crippen molar-refractivity contribution >= 4 is 11.8 Å². The molecule has 1 aromatic heterocycles. The maximum atomic E-state index is 12.5. The molecule has 0 bridgehead atoms. The van der Waals surface area contributed by atoms with Crippen LogP contribution in [0.4, 0.5) is 0 Å². The standard InChI is InChI=1S/C17H28N4O3/c1-4-24-11-5-9-21(10-6-16(22)20-12-14(2)3)17(23)15-13-18-7-8-19-15/h7-8,13-14H,4-6,9-12H2,1-3H3,(H,20,22). The van der Waals surface area contributed by atoms with Gasteiger partial charge in [-0.15, -0.1) is 0 Å². The van der Waals surface area contributed by atoms with Crippen LogP contribution in [-0.4, -0.2) is 59.5 Å². The molecule has 7 heteroatoms. The van der Waals surface area contributed by atoms with Gasteiger partial charge in [-0.1, -0.05) is 13.8 Å². The number of carbonyl (C=O) groups excluding carboxylic acids is 2. The van der Waals surface area contributed by atoms with E-state index in [1.807, 2.05) is 20.8 Å². The lowest BCUT2D eigenvalue weighted by Gasteiger charge is -2.22. The van der Waals surface area contributed by atoms with Crippen molar-refractivity contribution in [3.8, 4) is 0 Å². The Balaban J connectivity index is 2.57. The van der Waals surface area contributed by atoms with Crippen molar-refractivity contribution < 1.29 is 14.3 Å². The van der Waals surface area contributed by atoms with E-state index in [1.54, 1.807) is 4.90 Å². The molecule has 0 radical (unpaired) electrons. The number of nitrogens with one attached hydrogen (secondary N) is 1. The van der Waals surface area contributed by atoms with Gasteiger partial charge in [-0.2, -0.15) is 0 Å². The minimum atomic E-state index is -0.212. The second kappa shape index (κ2) is 11.5. The molecule has 0 saturated heterocycles. The summed E-state index contributed by atoms with van der Waals surface area (Å²) in [7, 11) is 0. The van der Waals surface area contributed by atoms with Crippen molar-refractivity contribution in [2.45, 2.75) is 33.6 Å². The van der Waals surface area contributed by atoms with Gasteiger partial charge in [0.25, 0.3) is 5.91 Å². The lowest BCUT2D eigenvalue weighted by molar-refractivity contribution is -0.121. The summed E-state index contributed by atoms with van der Waals surface area (Å²) in [6.07, 6.45) is 5.44. The molecule has 0 atom stereocenters. The van der Waals surface area contributed by atoms with Gasteiger partial charge < -0.3 is 15.0 Å². The summed E-state index contributed by atoms with van der Waals surface area (Å²) in [6.45, 7) is 8.76. The fourth-order valence-corrected chi connectivity index (χ4v) is 2.03. The summed E-state index contributed by atoms with van der Waals surface area (Å²) in [5.41, 5.74) is 0.288. The molecule has 1 rings (SSSR count). The van der Waals surface area contributed by atoms with E-state index in [1.165, 1.54) is 18.6 Å². The zero-order chi connectivity index (χ0) is 17.8. The van der Waals surface area contributed by atoms with E-state index < -0.39 is 0 Å². The molecule has 0 aliphatic rings. The molecule has 2 amide bonds. The Hall–Kier alpha value is -2.02. The Morgan fingerprint density at radius 3 is 2.71 bits per heavy atom. The maximum absolute atomic E-state index is 12.5. The summed E-state index contributed by atoms with van der Waals surface area (Å²) in [6, 6.07) is 0. The SMILES string of the molecule is CCOCCCN(CCC(=O)NCC(C)C)C(=O)c1cnccn1. The van der Waals surface area contributed by atoms with Gasteiger partial charge >= 0.3 is 0 Å². The fourth-order valence-electron chi connectivity index (χ4n) is 2.03. The van der Waals surface area contributed by atoms with Crippen molar-refractivity contribution in [2.75, 3.05) is 32.8 Å². The summed E-state index contributed by atoms with van der Waals surface area (Å²) < 4.78 is 5.31. The molecule has 1 N–H and O–H groups in total. The topological polar surface area (TPSA) is 84.4 Å². The second-order valence-corrected chi connectivity index (χ2v) is 5.88. The van der Waals surface area contributed by atoms with Crippen LogP contribution in [-0.2, 0) is 9.53 Å². The first kappa shape index (κ1) is 20.0. The van der Waals surface area contributed by atoms with Crippen LogP contribution in [0.2, 0.25) is 0 Å². The lowest BCUT2D eigenvalue weighted by atomic mass is 10.2. The highest BCUT2D eigenvalue weighted by Gasteiger charge is 2.18. The molecule has 24 heavy (non-hydrogen) atoms. The van der Waals surface area contributed by atoms with Crippen LogP contribution in [0.25, 0.3) is 0 Å². The Kier molecular flexibility index (Phi) is 9.60. The third-order valence-electron chi connectivity index (χ3n) is 3.31. The van der Waals surface area contributed by atoms with Crippen LogP contribution < -0.4 is 5.32 Å². The number of rotatable bonds is 11. The quantitative estimate of drug-likeness (QED) is 0.619. The van der Waals surface area contributed by atoms with E-state index >= 15 is 0 Å². The zero-order valence-electron chi connectivity index (χ0n) is 14.8. The first-order chi connectivity index (χ1) is 11.5. The molecule has 1 heterocycles. The molecular weight excluding hydrogens is 308 g/mol. The number of aromatic nitrogens is 2. The Labute approximate surface area is 143 Å². The number of carbonyl (C=O) groups is 2. The van der Waals surface area contributed by atoms with Gasteiger partial charge in [0, 0.05) is 51.7 Å². The van der Waals surface area contributed by atoms with Crippen LogP contribution in [0.5, 0.6) is 0 Å². The number of hydrogen-bond acceptors (Lipinski definition) is 5. The Morgan fingerprint density at radius 2 is 2.08 bits per heavy atom. The molecule has 0 aromatic carbocycles. The summed E-state index contributed by atoms with van der Waals surface area (Å²) in [5, 5.41) is 2.86. The Bertz CT molecular complexity index is 494. The molecule has 7 nitrogen and oxygen atoms in total. The molecule has 134 valence electrons. The van der Waals surface area contributed by atoms with E-state index in [0.29, 0.717) is 45.2 Å². The van der Waals surface area contributed by atoms with Crippen LogP contribution in [0.15, 0.2) is 18.6 Å². The minimum Gasteiger partial charge on any atom is -0.382 e. The lowest BCUT2D eigenvalue weighted by Crippen LogP contribution is -2.37. The molecule has 0 saturated carbocycles. The third kappa shape index (κ3) is 8.01. The first-order valence-electron chi connectivity index (χ1n) is 8.44. The average molecular weight is 336 g/mol. The van der Waals surface area contributed by atoms with Gasteiger partial charge in [-0.05, 0) is 19.3 Å². The van der Waals surface area contributed by atoms with E-state index in [-0.39, 0.29) is 23.9 Å². The highest BCUT2D eigenvalue weighted by atomic mass is 16.5. The summed E-state index contributed by atoms with van der Waals surface area (Å²) in [5.74, 6) is 0.138.